The van der Waals surface area contributed by atoms with Gasteiger partial charge in [-0.1, -0.05) is 0 Å². The van der Waals surface area contributed by atoms with E-state index in [2.05, 4.69) is 15.4 Å². The number of nitrogens with two attached hydrogens (primary N) is 1. The third kappa shape index (κ3) is 2.46. The van der Waals surface area contributed by atoms with Gasteiger partial charge in [0.25, 0.3) is 0 Å². The van der Waals surface area contributed by atoms with E-state index in [1.807, 2.05) is 0 Å². The average Bonchev–Trinajstić information content (AvgIpc) is 2.38. The van der Waals surface area contributed by atoms with Crippen LogP contribution in [0.3, 0.4) is 0 Å². The minimum atomic E-state index is -0.545. The lowest BCUT2D eigenvalue weighted by atomic mass is 10.1. The largest absolute Gasteiger partial charge is 0.391 e. The Labute approximate surface area is 103 Å². The summed E-state index contributed by atoms with van der Waals surface area (Å²) in [6.45, 7) is 0.931. The fourth-order valence-corrected chi connectivity index (χ4v) is 1.94. The van der Waals surface area contributed by atoms with E-state index >= 15 is 0 Å². The normalized spacial score (nSPS) is 19.7. The van der Waals surface area contributed by atoms with Gasteiger partial charge in [-0.05, 0) is 12.8 Å². The Morgan fingerprint density at radius 2 is 2.44 bits per heavy atom. The minimum Gasteiger partial charge on any atom is -0.391 e. The van der Waals surface area contributed by atoms with Crippen LogP contribution in [0.15, 0.2) is 6.20 Å². The van der Waals surface area contributed by atoms with E-state index in [9.17, 15) is 15.2 Å². The highest BCUT2D eigenvalue weighted by molar-refractivity contribution is 5.59. The highest BCUT2D eigenvalue weighted by Gasteiger charge is 2.26. The summed E-state index contributed by atoms with van der Waals surface area (Å²) in [6, 6.07) is 0. The molecule has 4 N–H and O–H groups in total. The molecule has 9 heteroatoms. The van der Waals surface area contributed by atoms with Gasteiger partial charge in [0, 0.05) is 13.1 Å². The lowest BCUT2D eigenvalue weighted by Gasteiger charge is -2.30. The molecule has 18 heavy (non-hydrogen) atoms. The number of nitrogens with zero attached hydrogens (tertiary/aromatic N) is 4. The molecule has 0 saturated carbocycles. The number of piperidine rings is 1. The predicted molar refractivity (Wildman–Crippen MR) is 64.0 cm³/mol. The first-order valence-corrected chi connectivity index (χ1v) is 5.53. The van der Waals surface area contributed by atoms with E-state index in [-0.39, 0.29) is 17.5 Å². The molecule has 1 aromatic heterocycles. The fourth-order valence-electron chi connectivity index (χ4n) is 1.94. The summed E-state index contributed by atoms with van der Waals surface area (Å²) in [4.78, 5) is 19.8. The molecule has 1 aliphatic rings. The highest BCUT2D eigenvalue weighted by atomic mass is 16.6. The molecule has 9 nitrogen and oxygen atoms in total. The average molecular weight is 254 g/mol. The van der Waals surface area contributed by atoms with Crippen molar-refractivity contribution in [2.45, 2.75) is 18.9 Å². The maximum Gasteiger partial charge on any atom is 0.329 e. The molecule has 1 atom stereocenters. The summed E-state index contributed by atoms with van der Waals surface area (Å²) in [6.07, 6.45) is 2.06. The van der Waals surface area contributed by atoms with Gasteiger partial charge in [0.05, 0.1) is 11.0 Å². The molecule has 0 amide bonds. The number of nitrogen functional groups attached to an aromatic ring is 1. The Hall–Kier alpha value is -2.00. The van der Waals surface area contributed by atoms with Crippen LogP contribution in [0.2, 0.25) is 0 Å². The van der Waals surface area contributed by atoms with Crippen molar-refractivity contribution < 1.29 is 10.0 Å². The molecule has 0 spiro atoms. The van der Waals surface area contributed by atoms with Crippen LogP contribution < -0.4 is 16.2 Å². The van der Waals surface area contributed by atoms with Gasteiger partial charge in [-0.2, -0.15) is 4.98 Å². The minimum absolute atomic E-state index is 0.107. The summed E-state index contributed by atoms with van der Waals surface area (Å²) in [5.41, 5.74) is 2.06. The van der Waals surface area contributed by atoms with E-state index in [0.717, 1.165) is 12.6 Å². The van der Waals surface area contributed by atoms with Gasteiger partial charge in [-0.3, -0.25) is 15.5 Å². The van der Waals surface area contributed by atoms with Crippen molar-refractivity contribution in [3.8, 4) is 0 Å². The summed E-state index contributed by atoms with van der Waals surface area (Å²) in [5.74, 6) is 5.48. The van der Waals surface area contributed by atoms with Gasteiger partial charge in [-0.15, -0.1) is 0 Å². The SMILES string of the molecule is NNc1ncc([N+](=O)[O-])c(N2CCCC(O)C2)n1. The van der Waals surface area contributed by atoms with Crippen molar-refractivity contribution >= 4 is 17.5 Å². The molecule has 1 unspecified atom stereocenters. The number of nitrogens with one attached hydrogen (secondary N) is 1. The number of aliphatic hydroxyl groups excluding tert-OH is 1. The van der Waals surface area contributed by atoms with E-state index in [4.69, 9.17) is 5.84 Å². The summed E-state index contributed by atoms with van der Waals surface area (Å²) < 4.78 is 0. The standard InChI is InChI=1S/C9H14N6O3/c10-13-9-11-4-7(15(17)18)8(12-9)14-3-1-2-6(16)5-14/h4,6,16H,1-3,5,10H2,(H,11,12,13). The van der Waals surface area contributed by atoms with Crippen LogP contribution in [-0.4, -0.2) is 39.2 Å². The molecular formula is C9H14N6O3. The molecule has 0 bridgehead atoms. The smallest absolute Gasteiger partial charge is 0.329 e. The zero-order valence-electron chi connectivity index (χ0n) is 9.61. The van der Waals surface area contributed by atoms with Crippen LogP contribution in [0.5, 0.6) is 0 Å². The van der Waals surface area contributed by atoms with E-state index in [1.165, 1.54) is 0 Å². The number of β-amino-alcohol motifs (C(OH)–C–C–N with tert-alkyl or cyclic N) is 1. The number of hydrogen-bond donors (Lipinski definition) is 3. The third-order valence-corrected chi connectivity index (χ3v) is 2.77. The van der Waals surface area contributed by atoms with Gasteiger partial charge in [0.15, 0.2) is 0 Å². The zero-order chi connectivity index (χ0) is 13.1. The second kappa shape index (κ2) is 5.10. The lowest BCUT2D eigenvalue weighted by Crippen LogP contribution is -2.39. The molecule has 0 aromatic carbocycles. The fraction of sp³-hybridized carbons (Fsp3) is 0.556. The monoisotopic (exact) mass is 254 g/mol. The van der Waals surface area contributed by atoms with Gasteiger partial charge in [-0.25, -0.2) is 10.8 Å². The van der Waals surface area contributed by atoms with Gasteiger partial charge < -0.3 is 10.0 Å². The first-order chi connectivity index (χ1) is 8.61. The number of hydrazine groups is 1. The number of nitro groups is 1. The summed E-state index contributed by atoms with van der Waals surface area (Å²) in [7, 11) is 0. The quantitative estimate of drug-likeness (QED) is 0.378. The van der Waals surface area contributed by atoms with Crippen molar-refractivity contribution in [3.05, 3.63) is 16.3 Å². The molecule has 98 valence electrons. The Balaban J connectivity index is 2.36. The van der Waals surface area contributed by atoms with Crippen molar-refractivity contribution in [2.24, 2.45) is 5.84 Å². The maximum atomic E-state index is 10.9. The van der Waals surface area contributed by atoms with Gasteiger partial charge in [0.2, 0.25) is 11.8 Å². The Morgan fingerprint density at radius 3 is 3.06 bits per heavy atom. The molecule has 2 heterocycles. The van der Waals surface area contributed by atoms with Crippen molar-refractivity contribution in [1.29, 1.82) is 0 Å². The van der Waals surface area contributed by atoms with E-state index < -0.39 is 11.0 Å². The van der Waals surface area contributed by atoms with Crippen molar-refractivity contribution in [3.63, 3.8) is 0 Å². The highest BCUT2D eigenvalue weighted by Crippen LogP contribution is 2.28. The molecule has 0 radical (unpaired) electrons. The number of rotatable bonds is 3. The van der Waals surface area contributed by atoms with E-state index in [0.29, 0.717) is 19.5 Å². The molecule has 2 rings (SSSR count). The molecule has 0 aliphatic carbocycles. The topological polar surface area (TPSA) is 130 Å². The van der Waals surface area contributed by atoms with Crippen molar-refractivity contribution in [2.75, 3.05) is 23.4 Å². The van der Waals surface area contributed by atoms with Crippen LogP contribution in [0.4, 0.5) is 17.5 Å². The summed E-state index contributed by atoms with van der Waals surface area (Å²) >= 11 is 0. The van der Waals surface area contributed by atoms with E-state index in [1.54, 1.807) is 4.90 Å². The molecular weight excluding hydrogens is 240 g/mol. The predicted octanol–water partition coefficient (Wildman–Crippen LogP) is -0.369. The van der Waals surface area contributed by atoms with Gasteiger partial charge in [0.1, 0.15) is 6.20 Å². The molecule has 1 saturated heterocycles. The van der Waals surface area contributed by atoms with Crippen molar-refractivity contribution in [1.82, 2.24) is 9.97 Å². The van der Waals surface area contributed by atoms with Crippen LogP contribution >= 0.6 is 0 Å². The third-order valence-electron chi connectivity index (χ3n) is 2.77. The van der Waals surface area contributed by atoms with Crippen LogP contribution in [0, 0.1) is 10.1 Å². The Kier molecular flexibility index (Phi) is 3.53. The lowest BCUT2D eigenvalue weighted by molar-refractivity contribution is -0.384. The van der Waals surface area contributed by atoms with Crippen LogP contribution in [0.25, 0.3) is 0 Å². The zero-order valence-corrected chi connectivity index (χ0v) is 9.61. The Bertz CT molecular complexity index is 454. The maximum absolute atomic E-state index is 10.9. The second-order valence-corrected chi connectivity index (χ2v) is 4.05. The molecule has 1 aromatic rings. The number of anilines is 2. The number of aliphatic hydroxyl groups is 1. The van der Waals surface area contributed by atoms with Crippen LogP contribution in [0.1, 0.15) is 12.8 Å². The number of hydrogen-bond acceptors (Lipinski definition) is 8. The van der Waals surface area contributed by atoms with Crippen LogP contribution in [-0.2, 0) is 0 Å². The van der Waals surface area contributed by atoms with Gasteiger partial charge >= 0.3 is 5.69 Å². The first kappa shape index (κ1) is 12.5. The molecule has 1 fully saturated rings. The first-order valence-electron chi connectivity index (χ1n) is 5.53. The number of aromatic nitrogens is 2. The second-order valence-electron chi connectivity index (χ2n) is 4.05. The Morgan fingerprint density at radius 1 is 1.67 bits per heavy atom. The molecule has 1 aliphatic heterocycles. The summed E-state index contributed by atoms with van der Waals surface area (Å²) in [5, 5.41) is 20.5.